The second-order valence-corrected chi connectivity index (χ2v) is 7.65. The van der Waals surface area contributed by atoms with Crippen LogP contribution in [-0.4, -0.2) is 15.8 Å². The minimum absolute atomic E-state index is 0.355. The van der Waals surface area contributed by atoms with Gasteiger partial charge in [-0.05, 0) is 49.7 Å². The van der Waals surface area contributed by atoms with Crippen molar-refractivity contribution >= 4 is 17.7 Å². The molecule has 0 atom stereocenters. The van der Waals surface area contributed by atoms with E-state index in [1.807, 2.05) is 18.2 Å². The van der Waals surface area contributed by atoms with Gasteiger partial charge < -0.3 is 5.11 Å². The normalized spacial score (nSPS) is 23.2. The van der Waals surface area contributed by atoms with Gasteiger partial charge in [0.05, 0.1) is 0 Å². The van der Waals surface area contributed by atoms with Gasteiger partial charge in [-0.3, -0.25) is 4.79 Å². The van der Waals surface area contributed by atoms with Crippen LogP contribution in [0.1, 0.15) is 44.1 Å². The fourth-order valence-electron chi connectivity index (χ4n) is 3.79. The third-order valence-corrected chi connectivity index (χ3v) is 6.31. The first-order valence-corrected chi connectivity index (χ1v) is 7.85. The average molecular weight is 276 g/mol. The van der Waals surface area contributed by atoms with Gasteiger partial charge >= 0.3 is 5.97 Å². The Hall–Kier alpha value is -0.960. The first-order chi connectivity index (χ1) is 9.05. The van der Waals surface area contributed by atoms with E-state index in [1.54, 1.807) is 11.8 Å². The molecule has 1 N–H and O–H groups in total. The highest BCUT2D eigenvalue weighted by Crippen LogP contribution is 2.64. The van der Waals surface area contributed by atoms with Crippen molar-refractivity contribution in [2.24, 2.45) is 5.41 Å². The fourth-order valence-corrected chi connectivity index (χ4v) is 5.43. The van der Waals surface area contributed by atoms with E-state index in [2.05, 4.69) is 13.0 Å². The fraction of sp³-hybridized carbons (Fsp3) is 0.562. The molecule has 0 unspecified atom stereocenters. The summed E-state index contributed by atoms with van der Waals surface area (Å²) in [4.78, 5) is 12.9. The Bertz CT molecular complexity index is 495. The van der Waals surface area contributed by atoms with Gasteiger partial charge in [-0.25, -0.2) is 0 Å². The van der Waals surface area contributed by atoms with Crippen LogP contribution in [0.3, 0.4) is 0 Å². The van der Waals surface area contributed by atoms with E-state index in [-0.39, 0.29) is 0 Å². The molecule has 0 aromatic heterocycles. The standard InChI is InChI=1S/C16H20O2S/c1-12-6-2-3-7-13(12)19-16(14(17)18)10-15(11-16)8-4-5-9-15/h2-3,6-7H,4-5,8-11H2,1H3,(H,17,18). The van der Waals surface area contributed by atoms with Crippen LogP contribution in [0.4, 0.5) is 0 Å². The maximum absolute atomic E-state index is 11.7. The molecule has 0 radical (unpaired) electrons. The van der Waals surface area contributed by atoms with Crippen LogP contribution >= 0.6 is 11.8 Å². The largest absolute Gasteiger partial charge is 0.480 e. The second kappa shape index (κ2) is 4.55. The van der Waals surface area contributed by atoms with Crippen LogP contribution in [0.15, 0.2) is 29.2 Å². The van der Waals surface area contributed by atoms with E-state index in [9.17, 15) is 9.90 Å². The summed E-state index contributed by atoms with van der Waals surface area (Å²) in [6, 6.07) is 8.10. The number of carbonyl (C=O) groups is 1. The zero-order chi connectivity index (χ0) is 13.5. The first-order valence-electron chi connectivity index (χ1n) is 7.03. The Morgan fingerprint density at radius 3 is 2.42 bits per heavy atom. The third-order valence-electron chi connectivity index (χ3n) is 4.77. The number of aliphatic carboxylic acids is 1. The molecule has 1 aromatic carbocycles. The number of aryl methyl sites for hydroxylation is 1. The molecular formula is C16H20O2S. The quantitative estimate of drug-likeness (QED) is 0.896. The summed E-state index contributed by atoms with van der Waals surface area (Å²) in [6.45, 7) is 2.06. The lowest BCUT2D eigenvalue weighted by molar-refractivity contribution is -0.146. The van der Waals surface area contributed by atoms with Crippen molar-refractivity contribution in [1.29, 1.82) is 0 Å². The molecule has 2 fully saturated rings. The van der Waals surface area contributed by atoms with Crippen LogP contribution in [0.25, 0.3) is 0 Å². The number of carboxylic acids is 1. The Morgan fingerprint density at radius 1 is 1.21 bits per heavy atom. The molecule has 0 saturated heterocycles. The van der Waals surface area contributed by atoms with E-state index >= 15 is 0 Å². The lowest BCUT2D eigenvalue weighted by atomic mass is 9.60. The summed E-state index contributed by atoms with van der Waals surface area (Å²) in [5, 5.41) is 9.66. The molecular weight excluding hydrogens is 256 g/mol. The molecule has 1 spiro atoms. The Kier molecular flexibility index (Phi) is 3.12. The number of benzene rings is 1. The summed E-state index contributed by atoms with van der Waals surface area (Å²) in [5.41, 5.74) is 1.54. The van der Waals surface area contributed by atoms with E-state index < -0.39 is 10.7 Å². The van der Waals surface area contributed by atoms with Crippen LogP contribution < -0.4 is 0 Å². The van der Waals surface area contributed by atoms with E-state index in [0.717, 1.165) is 17.7 Å². The minimum Gasteiger partial charge on any atom is -0.480 e. The zero-order valence-corrected chi connectivity index (χ0v) is 12.1. The lowest BCUT2D eigenvalue weighted by Crippen LogP contribution is -2.53. The van der Waals surface area contributed by atoms with Gasteiger partial charge in [-0.2, -0.15) is 0 Å². The maximum Gasteiger partial charge on any atom is 0.320 e. The van der Waals surface area contributed by atoms with Crippen molar-refractivity contribution < 1.29 is 9.90 Å². The van der Waals surface area contributed by atoms with Gasteiger partial charge in [0.15, 0.2) is 0 Å². The molecule has 2 nitrogen and oxygen atoms in total. The maximum atomic E-state index is 11.7. The minimum atomic E-state index is -0.627. The predicted molar refractivity (Wildman–Crippen MR) is 77.5 cm³/mol. The molecule has 2 aliphatic rings. The van der Waals surface area contributed by atoms with Crippen molar-refractivity contribution in [3.05, 3.63) is 29.8 Å². The highest BCUT2D eigenvalue weighted by Gasteiger charge is 2.60. The van der Waals surface area contributed by atoms with Crippen LogP contribution in [0, 0.1) is 12.3 Å². The third kappa shape index (κ3) is 2.18. The summed E-state index contributed by atoms with van der Waals surface area (Å²) in [7, 11) is 0. The molecule has 0 amide bonds. The molecule has 0 heterocycles. The lowest BCUT2D eigenvalue weighted by Gasteiger charge is -2.52. The van der Waals surface area contributed by atoms with Crippen molar-refractivity contribution in [3.63, 3.8) is 0 Å². The van der Waals surface area contributed by atoms with E-state index in [4.69, 9.17) is 0 Å². The highest BCUT2D eigenvalue weighted by molar-refractivity contribution is 8.01. The number of carboxylic acid groups (broad SMARTS) is 1. The smallest absolute Gasteiger partial charge is 0.320 e. The Labute approximate surface area is 118 Å². The Balaban J connectivity index is 1.80. The average Bonchev–Trinajstić information content (AvgIpc) is 2.80. The molecule has 0 bridgehead atoms. The summed E-state index contributed by atoms with van der Waals surface area (Å²) < 4.78 is -0.573. The molecule has 102 valence electrons. The second-order valence-electron chi connectivity index (χ2n) is 6.23. The monoisotopic (exact) mass is 276 g/mol. The van der Waals surface area contributed by atoms with Crippen molar-refractivity contribution in [3.8, 4) is 0 Å². The molecule has 2 saturated carbocycles. The molecule has 3 rings (SSSR count). The molecule has 3 heteroatoms. The van der Waals surface area contributed by atoms with E-state index in [0.29, 0.717) is 5.41 Å². The van der Waals surface area contributed by atoms with Crippen molar-refractivity contribution in [2.45, 2.75) is 55.1 Å². The van der Waals surface area contributed by atoms with Crippen LogP contribution in [0.5, 0.6) is 0 Å². The van der Waals surface area contributed by atoms with Gasteiger partial charge in [0.25, 0.3) is 0 Å². The number of hydrogen-bond acceptors (Lipinski definition) is 2. The van der Waals surface area contributed by atoms with Gasteiger partial charge in [-0.15, -0.1) is 11.8 Å². The summed E-state index contributed by atoms with van der Waals surface area (Å²) in [6.07, 6.45) is 6.74. The number of hydrogen-bond donors (Lipinski definition) is 1. The summed E-state index contributed by atoms with van der Waals surface area (Å²) in [5.74, 6) is -0.627. The summed E-state index contributed by atoms with van der Waals surface area (Å²) >= 11 is 1.57. The van der Waals surface area contributed by atoms with Crippen LogP contribution in [0.2, 0.25) is 0 Å². The van der Waals surface area contributed by atoms with Gasteiger partial charge in [0, 0.05) is 4.90 Å². The number of thioether (sulfide) groups is 1. The molecule has 2 aliphatic carbocycles. The number of rotatable bonds is 3. The predicted octanol–water partition coefficient (Wildman–Crippen LogP) is 4.26. The topological polar surface area (TPSA) is 37.3 Å². The SMILES string of the molecule is Cc1ccccc1SC1(C(=O)O)CC2(CCCC2)C1. The Morgan fingerprint density at radius 2 is 1.84 bits per heavy atom. The van der Waals surface area contributed by atoms with Gasteiger partial charge in [0.1, 0.15) is 4.75 Å². The molecule has 1 aromatic rings. The zero-order valence-electron chi connectivity index (χ0n) is 11.3. The van der Waals surface area contributed by atoms with Gasteiger partial charge in [0.2, 0.25) is 0 Å². The van der Waals surface area contributed by atoms with E-state index in [1.165, 1.54) is 31.2 Å². The van der Waals surface area contributed by atoms with Crippen molar-refractivity contribution in [2.75, 3.05) is 0 Å². The highest BCUT2D eigenvalue weighted by atomic mass is 32.2. The molecule has 19 heavy (non-hydrogen) atoms. The molecule has 0 aliphatic heterocycles. The van der Waals surface area contributed by atoms with Gasteiger partial charge in [-0.1, -0.05) is 31.0 Å². The van der Waals surface area contributed by atoms with Crippen molar-refractivity contribution in [1.82, 2.24) is 0 Å². The first kappa shape index (κ1) is 13.0. The van der Waals surface area contributed by atoms with Crippen LogP contribution in [-0.2, 0) is 4.79 Å².